The quantitative estimate of drug-likeness (QED) is 0.802. The van der Waals surface area contributed by atoms with Gasteiger partial charge < -0.3 is 4.90 Å². The maximum absolute atomic E-state index is 11.3. The van der Waals surface area contributed by atoms with Crippen molar-refractivity contribution in [3.05, 3.63) is 29.8 Å². The van der Waals surface area contributed by atoms with Gasteiger partial charge in [-0.3, -0.25) is 4.79 Å². The van der Waals surface area contributed by atoms with E-state index in [0.29, 0.717) is 11.8 Å². The van der Waals surface area contributed by atoms with Crippen LogP contribution in [0.15, 0.2) is 24.3 Å². The Morgan fingerprint density at radius 1 is 1.05 bits per heavy atom. The molecule has 0 N–H and O–H groups in total. The first kappa shape index (κ1) is 14.1. The van der Waals surface area contributed by atoms with E-state index in [4.69, 9.17) is 0 Å². The van der Waals surface area contributed by atoms with Gasteiger partial charge in [-0.2, -0.15) is 0 Å². The Labute approximate surface area is 116 Å². The highest BCUT2D eigenvalue weighted by molar-refractivity contribution is 5.79. The minimum atomic E-state index is 0.203. The summed E-state index contributed by atoms with van der Waals surface area (Å²) in [6, 6.07) is 9.37. The fourth-order valence-corrected chi connectivity index (χ4v) is 2.72. The molecule has 2 heteroatoms. The highest BCUT2D eigenvalue weighted by Crippen LogP contribution is 2.28. The maximum atomic E-state index is 11.3. The van der Waals surface area contributed by atoms with Gasteiger partial charge in [0.25, 0.3) is 0 Å². The predicted molar refractivity (Wildman–Crippen MR) is 80.8 cm³/mol. The Hall–Kier alpha value is -1.31. The van der Waals surface area contributed by atoms with Gasteiger partial charge in [0.05, 0.1) is 0 Å². The van der Waals surface area contributed by atoms with Gasteiger partial charge in [-0.1, -0.05) is 32.9 Å². The van der Waals surface area contributed by atoms with Gasteiger partial charge in [0, 0.05) is 31.6 Å². The lowest BCUT2D eigenvalue weighted by molar-refractivity contribution is -0.120. The highest BCUT2D eigenvalue weighted by atomic mass is 16.1. The summed E-state index contributed by atoms with van der Waals surface area (Å²) in [6.07, 6.45) is 3.48. The second-order valence-electron chi connectivity index (χ2n) is 6.68. The minimum absolute atomic E-state index is 0.203. The molecule has 0 heterocycles. The largest absolute Gasteiger partial charge is 0.372 e. The number of rotatable bonds is 2. The van der Waals surface area contributed by atoms with Crippen molar-refractivity contribution >= 4 is 11.5 Å². The minimum Gasteiger partial charge on any atom is -0.372 e. The van der Waals surface area contributed by atoms with Crippen LogP contribution in [0.25, 0.3) is 0 Å². The van der Waals surface area contributed by atoms with Crippen LogP contribution in [0, 0.1) is 0 Å². The van der Waals surface area contributed by atoms with Crippen molar-refractivity contribution < 1.29 is 4.79 Å². The normalized spacial score (nSPS) is 17.6. The first-order chi connectivity index (χ1) is 8.88. The van der Waals surface area contributed by atoms with Crippen LogP contribution >= 0.6 is 0 Å². The molecule has 0 unspecified atom stereocenters. The second-order valence-corrected chi connectivity index (χ2v) is 6.68. The molecule has 0 atom stereocenters. The highest BCUT2D eigenvalue weighted by Gasteiger charge is 2.22. The molecule has 0 aromatic heterocycles. The molecule has 0 aliphatic heterocycles. The van der Waals surface area contributed by atoms with Gasteiger partial charge in [0.2, 0.25) is 0 Å². The lowest BCUT2D eigenvalue weighted by Gasteiger charge is -2.33. The van der Waals surface area contributed by atoms with Gasteiger partial charge in [-0.15, -0.1) is 0 Å². The van der Waals surface area contributed by atoms with Crippen LogP contribution in [0.2, 0.25) is 0 Å². The van der Waals surface area contributed by atoms with E-state index in [1.165, 1.54) is 11.3 Å². The van der Waals surface area contributed by atoms with E-state index in [2.05, 4.69) is 57.0 Å². The fourth-order valence-electron chi connectivity index (χ4n) is 2.72. The number of Topliss-reactive ketones (excluding diaryl/α,β-unsaturated/α-hetero) is 1. The van der Waals surface area contributed by atoms with Gasteiger partial charge in [0.15, 0.2) is 0 Å². The molecule has 0 saturated heterocycles. The Morgan fingerprint density at radius 3 is 2.05 bits per heavy atom. The zero-order chi connectivity index (χ0) is 14.0. The lowest BCUT2D eigenvalue weighted by Crippen LogP contribution is -2.35. The van der Waals surface area contributed by atoms with Crippen molar-refractivity contribution in [2.45, 2.75) is 57.9 Å². The summed E-state index contributed by atoms with van der Waals surface area (Å²) in [6.45, 7) is 6.70. The first-order valence-corrected chi connectivity index (χ1v) is 7.23. The Morgan fingerprint density at radius 2 is 1.58 bits per heavy atom. The van der Waals surface area contributed by atoms with Gasteiger partial charge >= 0.3 is 0 Å². The van der Waals surface area contributed by atoms with Crippen LogP contribution < -0.4 is 4.90 Å². The van der Waals surface area contributed by atoms with Crippen molar-refractivity contribution in [2.75, 3.05) is 11.9 Å². The molecule has 1 aliphatic carbocycles. The summed E-state index contributed by atoms with van der Waals surface area (Å²) < 4.78 is 0. The summed E-state index contributed by atoms with van der Waals surface area (Å²) in [5.74, 6) is 0.424. The number of anilines is 1. The van der Waals surface area contributed by atoms with E-state index in [9.17, 15) is 4.79 Å². The molecule has 104 valence electrons. The summed E-state index contributed by atoms with van der Waals surface area (Å²) >= 11 is 0. The number of carbonyl (C=O) groups excluding carboxylic acids is 1. The van der Waals surface area contributed by atoms with Crippen molar-refractivity contribution in [1.29, 1.82) is 0 Å². The predicted octanol–water partition coefficient (Wildman–Crippen LogP) is 3.93. The van der Waals surface area contributed by atoms with Crippen LogP contribution in [0.4, 0.5) is 5.69 Å². The van der Waals surface area contributed by atoms with Gasteiger partial charge in [-0.05, 0) is 36.0 Å². The molecule has 0 radical (unpaired) electrons. The SMILES string of the molecule is CN(c1ccc(C(C)(C)C)cc1)C1CCC(=O)CC1. The third-order valence-electron chi connectivity index (χ3n) is 4.20. The molecule has 1 aromatic rings. The van der Waals surface area contributed by atoms with E-state index in [1.54, 1.807) is 0 Å². The Kier molecular flexibility index (Phi) is 3.98. The molecule has 0 bridgehead atoms. The van der Waals surface area contributed by atoms with E-state index in [-0.39, 0.29) is 5.41 Å². The topological polar surface area (TPSA) is 20.3 Å². The van der Waals surface area contributed by atoms with Crippen molar-refractivity contribution in [3.8, 4) is 0 Å². The van der Waals surface area contributed by atoms with E-state index >= 15 is 0 Å². The average molecular weight is 259 g/mol. The first-order valence-electron chi connectivity index (χ1n) is 7.23. The van der Waals surface area contributed by atoms with Crippen LogP contribution in [-0.2, 0) is 10.2 Å². The van der Waals surface area contributed by atoms with Gasteiger partial charge in [-0.25, -0.2) is 0 Å². The van der Waals surface area contributed by atoms with Crippen LogP contribution in [0.3, 0.4) is 0 Å². The summed E-state index contributed by atoms with van der Waals surface area (Å²) in [5.41, 5.74) is 2.82. The third kappa shape index (κ3) is 3.37. The molecular formula is C17H25NO. The molecule has 0 spiro atoms. The maximum Gasteiger partial charge on any atom is 0.133 e. The zero-order valence-electron chi connectivity index (χ0n) is 12.6. The fraction of sp³-hybridized carbons (Fsp3) is 0.588. The standard InChI is InChI=1S/C17H25NO/c1-17(2,3)13-5-7-14(8-6-13)18(4)15-9-11-16(19)12-10-15/h5-8,15H,9-12H2,1-4H3. The monoisotopic (exact) mass is 259 g/mol. The van der Waals surface area contributed by atoms with Crippen LogP contribution in [0.1, 0.15) is 52.0 Å². The van der Waals surface area contributed by atoms with Crippen molar-refractivity contribution in [1.82, 2.24) is 0 Å². The average Bonchev–Trinajstić information content (AvgIpc) is 2.38. The summed E-state index contributed by atoms with van der Waals surface area (Å²) in [7, 11) is 2.15. The molecule has 0 amide bonds. The Balaban J connectivity index is 2.07. The molecule has 19 heavy (non-hydrogen) atoms. The summed E-state index contributed by atoms with van der Waals surface area (Å²) in [4.78, 5) is 13.6. The molecule has 2 rings (SSSR count). The zero-order valence-corrected chi connectivity index (χ0v) is 12.6. The summed E-state index contributed by atoms with van der Waals surface area (Å²) in [5, 5.41) is 0. The Bertz CT molecular complexity index is 431. The molecule has 2 nitrogen and oxygen atoms in total. The lowest BCUT2D eigenvalue weighted by atomic mass is 9.87. The van der Waals surface area contributed by atoms with Crippen molar-refractivity contribution in [2.24, 2.45) is 0 Å². The number of benzene rings is 1. The molecule has 1 fully saturated rings. The van der Waals surface area contributed by atoms with Gasteiger partial charge in [0.1, 0.15) is 5.78 Å². The van der Waals surface area contributed by atoms with E-state index in [1.807, 2.05) is 0 Å². The number of hydrogen-bond donors (Lipinski definition) is 0. The van der Waals surface area contributed by atoms with E-state index in [0.717, 1.165) is 25.7 Å². The molecular weight excluding hydrogens is 234 g/mol. The number of carbonyl (C=O) groups is 1. The van der Waals surface area contributed by atoms with E-state index < -0.39 is 0 Å². The number of ketones is 1. The number of hydrogen-bond acceptors (Lipinski definition) is 2. The molecule has 1 aliphatic rings. The third-order valence-corrected chi connectivity index (χ3v) is 4.20. The van der Waals surface area contributed by atoms with Crippen LogP contribution in [0.5, 0.6) is 0 Å². The smallest absolute Gasteiger partial charge is 0.133 e. The molecule has 1 aromatic carbocycles. The molecule has 1 saturated carbocycles. The van der Waals surface area contributed by atoms with Crippen LogP contribution in [-0.4, -0.2) is 18.9 Å². The van der Waals surface area contributed by atoms with Crippen molar-refractivity contribution in [3.63, 3.8) is 0 Å². The second kappa shape index (κ2) is 5.36. The number of nitrogens with zero attached hydrogens (tertiary/aromatic N) is 1.